The summed E-state index contributed by atoms with van der Waals surface area (Å²) in [6.45, 7) is 7.19. The zero-order valence-electron chi connectivity index (χ0n) is 17.1. The first-order chi connectivity index (χ1) is 14.0. The Hall–Kier alpha value is -2.64. The Kier molecular flexibility index (Phi) is 5.69. The van der Waals surface area contributed by atoms with Crippen molar-refractivity contribution in [1.82, 2.24) is 0 Å². The molecule has 4 rings (SSSR count). The van der Waals surface area contributed by atoms with Gasteiger partial charge in [0, 0.05) is 10.6 Å². The van der Waals surface area contributed by atoms with Crippen molar-refractivity contribution in [3.05, 3.63) is 90.5 Å². The third-order valence-corrected chi connectivity index (χ3v) is 6.85. The van der Waals surface area contributed by atoms with Gasteiger partial charge in [-0.05, 0) is 17.5 Å². The van der Waals surface area contributed by atoms with Crippen molar-refractivity contribution in [2.45, 2.75) is 26.8 Å². The average molecular weight is 403 g/mol. The minimum Gasteiger partial charge on any atom is -0.475 e. The van der Waals surface area contributed by atoms with E-state index in [1.165, 1.54) is 10.6 Å². The Morgan fingerprint density at radius 3 is 1.93 bits per heavy atom. The molecule has 1 aliphatic heterocycles. The summed E-state index contributed by atoms with van der Waals surface area (Å²) in [5.74, 6) is 1.48. The molecule has 148 valence electrons. The van der Waals surface area contributed by atoms with Gasteiger partial charge in [-0.1, -0.05) is 93.6 Å². The molecule has 4 heteroatoms. The van der Waals surface area contributed by atoms with Crippen LogP contribution in [0.15, 0.2) is 89.9 Å². The normalized spacial score (nSPS) is 16.4. The van der Waals surface area contributed by atoms with Crippen LogP contribution in [0.3, 0.4) is 0 Å². The highest BCUT2D eigenvalue weighted by Crippen LogP contribution is 2.39. The van der Waals surface area contributed by atoms with Crippen LogP contribution in [0.5, 0.6) is 5.75 Å². The number of ether oxygens (including phenoxy) is 1. The molecule has 0 fully saturated rings. The lowest BCUT2D eigenvalue weighted by atomic mass is 9.88. The largest absolute Gasteiger partial charge is 0.475 e. The minimum atomic E-state index is -1.00. The Morgan fingerprint density at radius 1 is 0.828 bits per heavy atom. The minimum absolute atomic E-state index is 0.0677. The SMILES string of the molecule is CC(C)(C)[C@H]1COC(c2ccccc2OP(c2ccccc2)c2ccccc2)=N1. The third-order valence-electron chi connectivity index (χ3n) is 4.94. The first-order valence-electron chi connectivity index (χ1n) is 9.90. The van der Waals surface area contributed by atoms with Gasteiger partial charge in [-0.15, -0.1) is 0 Å². The summed E-state index contributed by atoms with van der Waals surface area (Å²) < 4.78 is 12.6. The zero-order chi connectivity index (χ0) is 20.3. The van der Waals surface area contributed by atoms with E-state index in [4.69, 9.17) is 14.3 Å². The molecule has 1 heterocycles. The maximum absolute atomic E-state index is 6.65. The second-order valence-electron chi connectivity index (χ2n) is 8.18. The first-order valence-corrected chi connectivity index (χ1v) is 11.2. The molecule has 0 spiro atoms. The summed E-state index contributed by atoms with van der Waals surface area (Å²) in [5, 5.41) is 2.34. The predicted octanol–water partition coefficient (Wildman–Crippen LogP) is 5.30. The topological polar surface area (TPSA) is 30.8 Å². The highest BCUT2D eigenvalue weighted by atomic mass is 31.1. The average Bonchev–Trinajstić information content (AvgIpc) is 3.24. The van der Waals surface area contributed by atoms with Crippen molar-refractivity contribution >= 4 is 24.7 Å². The Labute approximate surface area is 174 Å². The van der Waals surface area contributed by atoms with Crippen LogP contribution in [-0.2, 0) is 4.74 Å². The summed E-state index contributed by atoms with van der Waals surface area (Å²) in [4.78, 5) is 4.86. The van der Waals surface area contributed by atoms with E-state index in [1.807, 2.05) is 36.4 Å². The van der Waals surface area contributed by atoms with Gasteiger partial charge in [-0.25, -0.2) is 4.99 Å². The van der Waals surface area contributed by atoms with Crippen molar-refractivity contribution in [1.29, 1.82) is 0 Å². The zero-order valence-corrected chi connectivity index (χ0v) is 18.0. The highest BCUT2D eigenvalue weighted by Gasteiger charge is 2.32. The Bertz CT molecular complexity index is 941. The molecule has 0 N–H and O–H groups in total. The third kappa shape index (κ3) is 4.52. The van der Waals surface area contributed by atoms with E-state index >= 15 is 0 Å². The van der Waals surface area contributed by atoms with Crippen molar-refractivity contribution in [2.24, 2.45) is 10.4 Å². The fraction of sp³-hybridized carbons (Fsp3) is 0.240. The summed E-state index contributed by atoms with van der Waals surface area (Å²) in [5.41, 5.74) is 0.983. The smallest absolute Gasteiger partial charge is 0.220 e. The molecule has 3 aromatic carbocycles. The first kappa shape index (κ1) is 19.7. The molecular formula is C25H26NO2P. The number of hydrogen-bond acceptors (Lipinski definition) is 3. The Balaban J connectivity index is 1.70. The molecule has 0 bridgehead atoms. The molecule has 1 atom stereocenters. The van der Waals surface area contributed by atoms with Crippen molar-refractivity contribution in [2.75, 3.05) is 6.61 Å². The van der Waals surface area contributed by atoms with Gasteiger partial charge in [0.2, 0.25) is 5.90 Å². The maximum Gasteiger partial charge on any atom is 0.220 e. The van der Waals surface area contributed by atoms with Gasteiger partial charge >= 0.3 is 0 Å². The lowest BCUT2D eigenvalue weighted by Gasteiger charge is -2.22. The van der Waals surface area contributed by atoms with Crippen LogP contribution in [0, 0.1) is 5.41 Å². The number of benzene rings is 3. The number of nitrogens with zero attached hydrogens (tertiary/aromatic N) is 1. The molecule has 0 unspecified atom stereocenters. The van der Waals surface area contributed by atoms with E-state index < -0.39 is 8.15 Å². The van der Waals surface area contributed by atoms with Crippen LogP contribution >= 0.6 is 8.15 Å². The van der Waals surface area contributed by atoms with Gasteiger partial charge in [0.1, 0.15) is 12.4 Å². The van der Waals surface area contributed by atoms with Crippen LogP contribution in [0.2, 0.25) is 0 Å². The molecule has 3 aromatic rings. The second-order valence-corrected chi connectivity index (χ2v) is 9.98. The van der Waals surface area contributed by atoms with Crippen LogP contribution in [-0.4, -0.2) is 18.5 Å². The number of para-hydroxylation sites is 1. The van der Waals surface area contributed by atoms with Gasteiger partial charge in [0.05, 0.1) is 11.6 Å². The van der Waals surface area contributed by atoms with Gasteiger partial charge in [0.15, 0.2) is 8.15 Å². The van der Waals surface area contributed by atoms with Gasteiger partial charge in [-0.3, -0.25) is 0 Å². The fourth-order valence-electron chi connectivity index (χ4n) is 3.17. The summed E-state index contributed by atoms with van der Waals surface area (Å²) >= 11 is 0. The van der Waals surface area contributed by atoms with E-state index in [0.29, 0.717) is 12.5 Å². The van der Waals surface area contributed by atoms with Crippen LogP contribution in [0.25, 0.3) is 0 Å². The van der Waals surface area contributed by atoms with Crippen LogP contribution in [0.1, 0.15) is 26.3 Å². The lowest BCUT2D eigenvalue weighted by Crippen LogP contribution is -2.25. The molecular weight excluding hydrogens is 377 g/mol. The summed E-state index contributed by atoms with van der Waals surface area (Å²) in [6, 6.07) is 29.0. The molecule has 0 amide bonds. The number of aliphatic imine (C=N–C) groups is 1. The van der Waals surface area contributed by atoms with Crippen molar-refractivity contribution in [3.63, 3.8) is 0 Å². The van der Waals surface area contributed by atoms with E-state index in [-0.39, 0.29) is 11.5 Å². The quantitative estimate of drug-likeness (QED) is 0.541. The predicted molar refractivity (Wildman–Crippen MR) is 122 cm³/mol. The van der Waals surface area contributed by atoms with Gasteiger partial charge in [0.25, 0.3) is 0 Å². The van der Waals surface area contributed by atoms with Gasteiger partial charge < -0.3 is 9.26 Å². The molecule has 0 aliphatic carbocycles. The summed E-state index contributed by atoms with van der Waals surface area (Å²) in [6.07, 6.45) is 0. The van der Waals surface area contributed by atoms with E-state index in [2.05, 4.69) is 69.3 Å². The Morgan fingerprint density at radius 2 is 1.38 bits per heavy atom. The maximum atomic E-state index is 6.65. The summed E-state index contributed by atoms with van der Waals surface area (Å²) in [7, 11) is -1.00. The molecule has 0 saturated heterocycles. The van der Waals surface area contributed by atoms with Crippen LogP contribution < -0.4 is 15.1 Å². The fourth-order valence-corrected chi connectivity index (χ4v) is 4.92. The number of rotatable bonds is 5. The highest BCUT2D eigenvalue weighted by molar-refractivity contribution is 7.68. The van der Waals surface area contributed by atoms with Crippen molar-refractivity contribution in [3.8, 4) is 5.75 Å². The molecule has 0 aromatic heterocycles. The van der Waals surface area contributed by atoms with E-state index in [0.717, 1.165) is 11.3 Å². The molecule has 0 radical (unpaired) electrons. The molecule has 29 heavy (non-hydrogen) atoms. The molecule has 1 aliphatic rings. The number of hydrogen-bond donors (Lipinski definition) is 0. The standard InChI is InChI=1S/C25H26NO2P/c1-25(2,3)23-18-27-24(26-23)21-16-10-11-17-22(21)28-29(19-12-6-4-7-13-19)20-14-8-5-9-15-20/h4-17,23H,18H2,1-3H3/t23-/m1/s1. The molecule has 0 saturated carbocycles. The van der Waals surface area contributed by atoms with E-state index in [9.17, 15) is 0 Å². The van der Waals surface area contributed by atoms with E-state index in [1.54, 1.807) is 0 Å². The molecule has 3 nitrogen and oxygen atoms in total. The van der Waals surface area contributed by atoms with Crippen LogP contribution in [0.4, 0.5) is 0 Å². The second kappa shape index (κ2) is 8.39. The monoisotopic (exact) mass is 403 g/mol. The van der Waals surface area contributed by atoms with Gasteiger partial charge in [-0.2, -0.15) is 0 Å². The van der Waals surface area contributed by atoms with Crippen molar-refractivity contribution < 1.29 is 9.26 Å². The lowest BCUT2D eigenvalue weighted by molar-refractivity contribution is 0.235.